The van der Waals surface area contributed by atoms with Crippen LogP contribution in [0.4, 0.5) is 4.39 Å². The molecule has 0 spiro atoms. The largest absolute Gasteiger partial charge is 0.204 e. The number of rotatable bonds is 0. The summed E-state index contributed by atoms with van der Waals surface area (Å²) in [6.45, 7) is 3.30. The molecular weight excluding hydrogens is 221 g/mol. The molecule has 0 N–H and O–H groups in total. The van der Waals surface area contributed by atoms with Crippen LogP contribution in [-0.4, -0.2) is 0 Å². The van der Waals surface area contributed by atoms with Crippen LogP contribution in [0.3, 0.4) is 0 Å². The summed E-state index contributed by atoms with van der Waals surface area (Å²) in [5, 5.41) is 0.414. The highest BCUT2D eigenvalue weighted by Crippen LogP contribution is 2.35. The first-order valence-electron chi connectivity index (χ1n) is 3.26. The van der Waals surface area contributed by atoms with E-state index < -0.39 is 5.82 Å². The summed E-state index contributed by atoms with van der Waals surface area (Å²) in [4.78, 5) is 0. The lowest BCUT2D eigenvalue weighted by atomic mass is 10.1. The van der Waals surface area contributed by atoms with Crippen LogP contribution in [-0.2, 0) is 0 Å². The fourth-order valence-electron chi connectivity index (χ4n) is 0.900. The first-order chi connectivity index (χ1) is 5.46. The second kappa shape index (κ2) is 3.41. The second-order valence-corrected chi connectivity index (χ2v) is 3.64. The van der Waals surface area contributed by atoms with E-state index in [4.69, 9.17) is 34.8 Å². The molecule has 0 aliphatic carbocycles. The quantitative estimate of drug-likeness (QED) is 0.455. The Morgan fingerprint density at radius 3 is 1.50 bits per heavy atom. The van der Waals surface area contributed by atoms with Crippen molar-refractivity contribution in [2.24, 2.45) is 0 Å². The van der Waals surface area contributed by atoms with Crippen molar-refractivity contribution in [1.82, 2.24) is 0 Å². The topological polar surface area (TPSA) is 0 Å². The Morgan fingerprint density at radius 2 is 1.17 bits per heavy atom. The van der Waals surface area contributed by atoms with Gasteiger partial charge in [0.25, 0.3) is 0 Å². The minimum atomic E-state index is -0.599. The molecule has 12 heavy (non-hydrogen) atoms. The van der Waals surface area contributed by atoms with Gasteiger partial charge in [-0.2, -0.15) is 0 Å². The predicted octanol–water partition coefficient (Wildman–Crippen LogP) is 4.40. The normalized spacial score (nSPS) is 10.5. The molecule has 0 saturated carbocycles. The number of benzene rings is 1. The third-order valence-corrected chi connectivity index (χ3v) is 3.17. The number of hydrogen-bond donors (Lipinski definition) is 0. The van der Waals surface area contributed by atoms with Crippen LogP contribution < -0.4 is 0 Å². The summed E-state index contributed by atoms with van der Waals surface area (Å²) >= 11 is 17.1. The van der Waals surface area contributed by atoms with Crippen LogP contribution >= 0.6 is 34.8 Å². The van der Waals surface area contributed by atoms with Crippen molar-refractivity contribution >= 4 is 34.8 Å². The zero-order chi connectivity index (χ0) is 9.46. The first kappa shape index (κ1) is 10.1. The van der Waals surface area contributed by atoms with Crippen molar-refractivity contribution in [1.29, 1.82) is 0 Å². The lowest BCUT2D eigenvalue weighted by Crippen LogP contribution is -1.90. The maximum absolute atomic E-state index is 13.1. The van der Waals surface area contributed by atoms with Crippen LogP contribution in [0.1, 0.15) is 11.1 Å². The second-order valence-electron chi connectivity index (χ2n) is 2.51. The van der Waals surface area contributed by atoms with E-state index in [1.54, 1.807) is 13.8 Å². The van der Waals surface area contributed by atoms with Gasteiger partial charge >= 0.3 is 0 Å². The Balaban J connectivity index is 3.60. The SMILES string of the molecule is Cc1c(Cl)c(C)c(Cl)c(F)c1Cl. The molecule has 4 heteroatoms. The summed E-state index contributed by atoms with van der Waals surface area (Å²) < 4.78 is 13.1. The van der Waals surface area contributed by atoms with Gasteiger partial charge in [-0.15, -0.1) is 0 Å². The van der Waals surface area contributed by atoms with E-state index in [9.17, 15) is 4.39 Å². The Hall–Kier alpha value is 0.0200. The average Bonchev–Trinajstić information content (AvgIpc) is 2.08. The lowest BCUT2D eigenvalue weighted by molar-refractivity contribution is 0.626. The molecule has 0 heterocycles. The predicted molar refractivity (Wildman–Crippen MR) is 50.9 cm³/mol. The van der Waals surface area contributed by atoms with Crippen molar-refractivity contribution in [2.75, 3.05) is 0 Å². The van der Waals surface area contributed by atoms with Crippen molar-refractivity contribution in [3.8, 4) is 0 Å². The molecule has 0 aliphatic heterocycles. The van der Waals surface area contributed by atoms with E-state index in [-0.39, 0.29) is 10.0 Å². The zero-order valence-corrected chi connectivity index (χ0v) is 8.78. The standard InChI is InChI=1S/C8H6Cl3F/c1-3-5(9)4(2)7(11)8(12)6(3)10/h1-2H3. The van der Waals surface area contributed by atoms with Gasteiger partial charge in [0.2, 0.25) is 0 Å². The van der Waals surface area contributed by atoms with E-state index in [1.807, 2.05) is 0 Å². The highest BCUT2D eigenvalue weighted by Gasteiger charge is 2.15. The van der Waals surface area contributed by atoms with Gasteiger partial charge in [0.05, 0.1) is 10.0 Å². The Labute approximate surface area is 85.2 Å². The highest BCUT2D eigenvalue weighted by atomic mass is 35.5. The molecule has 0 saturated heterocycles. The molecule has 0 fully saturated rings. The van der Waals surface area contributed by atoms with Gasteiger partial charge in [0, 0.05) is 5.02 Å². The van der Waals surface area contributed by atoms with Crippen LogP contribution in [0.15, 0.2) is 0 Å². The number of hydrogen-bond acceptors (Lipinski definition) is 0. The van der Waals surface area contributed by atoms with Gasteiger partial charge in [-0.05, 0) is 25.0 Å². The Bertz CT molecular complexity index is 229. The molecule has 0 amide bonds. The van der Waals surface area contributed by atoms with Crippen molar-refractivity contribution < 1.29 is 4.39 Å². The molecule has 0 aromatic heterocycles. The molecule has 0 atom stereocenters. The van der Waals surface area contributed by atoms with E-state index in [0.717, 1.165) is 0 Å². The molecule has 0 nitrogen and oxygen atoms in total. The molecule has 0 aliphatic rings. The Morgan fingerprint density at radius 1 is 0.833 bits per heavy atom. The molecule has 0 unspecified atom stereocenters. The molecule has 66 valence electrons. The fourth-order valence-corrected chi connectivity index (χ4v) is 1.61. The Kier molecular flexibility index (Phi) is 2.87. The minimum absolute atomic E-state index is 0.00407. The maximum Gasteiger partial charge on any atom is 0.160 e. The summed E-state index contributed by atoms with van der Waals surface area (Å²) in [6.07, 6.45) is 0. The molecule has 1 aromatic carbocycles. The molecule has 0 bridgehead atoms. The van der Waals surface area contributed by atoms with Crippen molar-refractivity contribution in [3.05, 3.63) is 32.0 Å². The van der Waals surface area contributed by atoms with Gasteiger partial charge in [0.15, 0.2) is 5.82 Å². The maximum atomic E-state index is 13.1. The average molecular weight is 227 g/mol. The summed E-state index contributed by atoms with van der Waals surface area (Å²) in [5.41, 5.74) is 1.05. The highest BCUT2D eigenvalue weighted by molar-refractivity contribution is 6.40. The molecule has 1 aromatic rings. The van der Waals surface area contributed by atoms with Crippen LogP contribution in [0.5, 0.6) is 0 Å². The van der Waals surface area contributed by atoms with Crippen LogP contribution in [0, 0.1) is 19.7 Å². The van der Waals surface area contributed by atoms with Gasteiger partial charge in [-0.3, -0.25) is 0 Å². The third kappa shape index (κ3) is 1.41. The minimum Gasteiger partial charge on any atom is -0.204 e. The smallest absolute Gasteiger partial charge is 0.160 e. The molecule has 1 rings (SSSR count). The third-order valence-electron chi connectivity index (χ3n) is 1.70. The van der Waals surface area contributed by atoms with E-state index in [2.05, 4.69) is 0 Å². The monoisotopic (exact) mass is 226 g/mol. The van der Waals surface area contributed by atoms with E-state index in [1.165, 1.54) is 0 Å². The van der Waals surface area contributed by atoms with Crippen molar-refractivity contribution in [2.45, 2.75) is 13.8 Å². The summed E-state index contributed by atoms with van der Waals surface area (Å²) in [6, 6.07) is 0. The van der Waals surface area contributed by atoms with Crippen LogP contribution in [0.25, 0.3) is 0 Å². The molecular formula is C8H6Cl3F. The molecule has 0 radical (unpaired) electrons. The number of halogens is 4. The van der Waals surface area contributed by atoms with Gasteiger partial charge in [-0.1, -0.05) is 34.8 Å². The summed E-state index contributed by atoms with van der Waals surface area (Å²) in [5.74, 6) is -0.599. The van der Waals surface area contributed by atoms with E-state index >= 15 is 0 Å². The first-order valence-corrected chi connectivity index (χ1v) is 4.39. The lowest BCUT2D eigenvalue weighted by Gasteiger charge is -2.08. The van der Waals surface area contributed by atoms with Gasteiger partial charge < -0.3 is 0 Å². The summed E-state index contributed by atoms with van der Waals surface area (Å²) in [7, 11) is 0. The van der Waals surface area contributed by atoms with Crippen molar-refractivity contribution in [3.63, 3.8) is 0 Å². The van der Waals surface area contributed by atoms with Crippen LogP contribution in [0.2, 0.25) is 15.1 Å². The van der Waals surface area contributed by atoms with Gasteiger partial charge in [-0.25, -0.2) is 4.39 Å². The van der Waals surface area contributed by atoms with Gasteiger partial charge in [0.1, 0.15) is 0 Å². The fraction of sp³-hybridized carbons (Fsp3) is 0.250. The van der Waals surface area contributed by atoms with E-state index in [0.29, 0.717) is 16.1 Å². The zero-order valence-electron chi connectivity index (χ0n) is 6.51.